The van der Waals surface area contributed by atoms with Gasteiger partial charge in [-0.2, -0.15) is 0 Å². The van der Waals surface area contributed by atoms with Gasteiger partial charge in [0.2, 0.25) is 0 Å². The fourth-order valence-corrected chi connectivity index (χ4v) is 2.07. The van der Waals surface area contributed by atoms with Gasteiger partial charge in [-0.25, -0.2) is 0 Å². The molecule has 0 unspecified atom stereocenters. The van der Waals surface area contributed by atoms with Gasteiger partial charge in [-0.05, 0) is 19.9 Å². The average Bonchev–Trinajstić information content (AvgIpc) is 2.51. The average molecular weight is 235 g/mol. The Labute approximate surface area is 97.2 Å². The molecule has 0 saturated carbocycles. The van der Waals surface area contributed by atoms with Crippen molar-refractivity contribution in [3.63, 3.8) is 0 Å². The SMILES string of the molecule is CC(C)n1c2ccc([N+](=O)[O-])cc2c(=O)n1C. The molecule has 0 amide bonds. The Hall–Kier alpha value is -2.11. The third-order valence-corrected chi connectivity index (χ3v) is 2.77. The quantitative estimate of drug-likeness (QED) is 0.589. The zero-order valence-corrected chi connectivity index (χ0v) is 9.88. The van der Waals surface area contributed by atoms with Crippen molar-refractivity contribution in [2.75, 3.05) is 0 Å². The normalized spacial score (nSPS) is 11.3. The van der Waals surface area contributed by atoms with Crippen LogP contribution in [0.2, 0.25) is 0 Å². The smallest absolute Gasteiger partial charge is 0.274 e. The largest absolute Gasteiger partial charge is 0.280 e. The van der Waals surface area contributed by atoms with Crippen molar-refractivity contribution in [3.8, 4) is 0 Å². The molecule has 0 aliphatic carbocycles. The van der Waals surface area contributed by atoms with Crippen LogP contribution in [-0.4, -0.2) is 14.3 Å². The van der Waals surface area contributed by atoms with Gasteiger partial charge in [0, 0.05) is 25.2 Å². The van der Waals surface area contributed by atoms with E-state index in [-0.39, 0.29) is 17.3 Å². The number of benzene rings is 1. The molecular formula is C11H13N3O3. The third-order valence-electron chi connectivity index (χ3n) is 2.77. The molecule has 0 saturated heterocycles. The number of non-ortho nitro benzene ring substituents is 1. The highest BCUT2D eigenvalue weighted by Crippen LogP contribution is 2.21. The first-order chi connectivity index (χ1) is 7.93. The highest BCUT2D eigenvalue weighted by Gasteiger charge is 2.16. The lowest BCUT2D eigenvalue weighted by Gasteiger charge is -2.12. The summed E-state index contributed by atoms with van der Waals surface area (Å²) in [6.07, 6.45) is 0. The molecule has 0 bridgehead atoms. The first kappa shape index (κ1) is 11.4. The molecule has 90 valence electrons. The van der Waals surface area contributed by atoms with Crippen molar-refractivity contribution in [1.29, 1.82) is 0 Å². The summed E-state index contributed by atoms with van der Waals surface area (Å²) in [5.41, 5.74) is 0.451. The first-order valence-electron chi connectivity index (χ1n) is 5.29. The molecule has 2 aromatic rings. The van der Waals surface area contributed by atoms with Crippen LogP contribution >= 0.6 is 0 Å². The van der Waals surface area contributed by atoms with Crippen molar-refractivity contribution < 1.29 is 4.92 Å². The van der Waals surface area contributed by atoms with Gasteiger partial charge in [-0.3, -0.25) is 24.3 Å². The summed E-state index contributed by atoms with van der Waals surface area (Å²) in [4.78, 5) is 22.1. The van der Waals surface area contributed by atoms with Crippen LogP contribution in [0.15, 0.2) is 23.0 Å². The van der Waals surface area contributed by atoms with Crippen molar-refractivity contribution >= 4 is 16.6 Å². The van der Waals surface area contributed by atoms with E-state index in [1.165, 1.54) is 16.8 Å². The summed E-state index contributed by atoms with van der Waals surface area (Å²) in [5.74, 6) is 0. The molecule has 1 aromatic carbocycles. The molecule has 0 aliphatic rings. The van der Waals surface area contributed by atoms with E-state index in [9.17, 15) is 14.9 Å². The number of nitrogens with zero attached hydrogens (tertiary/aromatic N) is 3. The molecule has 6 heteroatoms. The van der Waals surface area contributed by atoms with E-state index >= 15 is 0 Å². The summed E-state index contributed by atoms with van der Waals surface area (Å²) in [6, 6.07) is 4.48. The fourth-order valence-electron chi connectivity index (χ4n) is 2.07. The highest BCUT2D eigenvalue weighted by atomic mass is 16.6. The summed E-state index contributed by atoms with van der Waals surface area (Å²) < 4.78 is 3.31. The van der Waals surface area contributed by atoms with Crippen LogP contribution in [0, 0.1) is 10.1 Å². The van der Waals surface area contributed by atoms with Gasteiger partial charge in [0.25, 0.3) is 11.2 Å². The molecular weight excluding hydrogens is 222 g/mol. The molecule has 0 spiro atoms. The van der Waals surface area contributed by atoms with Gasteiger partial charge in [0.1, 0.15) is 0 Å². The number of hydrogen-bond donors (Lipinski definition) is 0. The fraction of sp³-hybridized carbons (Fsp3) is 0.364. The Morgan fingerprint density at radius 2 is 2.00 bits per heavy atom. The second-order valence-corrected chi connectivity index (χ2v) is 4.23. The summed E-state index contributed by atoms with van der Waals surface area (Å²) in [6.45, 7) is 3.92. The lowest BCUT2D eigenvalue weighted by Crippen LogP contribution is -2.20. The third kappa shape index (κ3) is 1.61. The molecule has 1 heterocycles. The van der Waals surface area contributed by atoms with Crippen LogP contribution in [0.5, 0.6) is 0 Å². The van der Waals surface area contributed by atoms with Gasteiger partial charge in [-0.15, -0.1) is 0 Å². The van der Waals surface area contributed by atoms with Crippen LogP contribution in [-0.2, 0) is 7.05 Å². The zero-order chi connectivity index (χ0) is 12.7. The van der Waals surface area contributed by atoms with Crippen molar-refractivity contribution in [1.82, 2.24) is 9.36 Å². The molecule has 1 aromatic heterocycles. The maximum Gasteiger partial charge on any atom is 0.274 e. The Kier molecular flexibility index (Phi) is 2.49. The second kappa shape index (κ2) is 3.73. The van der Waals surface area contributed by atoms with Gasteiger partial charge in [0.15, 0.2) is 0 Å². The van der Waals surface area contributed by atoms with Crippen LogP contribution in [0.3, 0.4) is 0 Å². The second-order valence-electron chi connectivity index (χ2n) is 4.23. The van der Waals surface area contributed by atoms with E-state index in [2.05, 4.69) is 0 Å². The molecule has 6 nitrogen and oxygen atoms in total. The first-order valence-corrected chi connectivity index (χ1v) is 5.29. The molecule has 0 N–H and O–H groups in total. The van der Waals surface area contributed by atoms with E-state index in [1.807, 2.05) is 18.5 Å². The molecule has 0 fully saturated rings. The maximum atomic E-state index is 11.9. The molecule has 0 aliphatic heterocycles. The summed E-state index contributed by atoms with van der Waals surface area (Å²) >= 11 is 0. The van der Waals surface area contributed by atoms with Crippen LogP contribution in [0.4, 0.5) is 5.69 Å². The number of fused-ring (bicyclic) bond motifs is 1. The molecule has 17 heavy (non-hydrogen) atoms. The minimum absolute atomic E-state index is 0.0592. The predicted octanol–water partition coefficient (Wildman–Crippen LogP) is 1.83. The van der Waals surface area contributed by atoms with Crippen molar-refractivity contribution in [3.05, 3.63) is 38.7 Å². The van der Waals surface area contributed by atoms with Crippen LogP contribution in [0.1, 0.15) is 19.9 Å². The maximum absolute atomic E-state index is 11.9. The van der Waals surface area contributed by atoms with E-state index in [4.69, 9.17) is 0 Å². The van der Waals surface area contributed by atoms with Crippen LogP contribution < -0.4 is 5.56 Å². The standard InChI is InChI=1S/C11H13N3O3/c1-7(2)13-10-5-4-8(14(16)17)6-9(10)11(15)12(13)3/h4-7H,1-3H3. The molecule has 0 atom stereocenters. The predicted molar refractivity (Wildman–Crippen MR) is 64.2 cm³/mol. The van der Waals surface area contributed by atoms with Gasteiger partial charge >= 0.3 is 0 Å². The summed E-state index contributed by atoms with van der Waals surface area (Å²) in [5, 5.41) is 11.1. The minimum atomic E-state index is -0.494. The van der Waals surface area contributed by atoms with Gasteiger partial charge in [0.05, 0.1) is 15.8 Å². The molecule has 2 rings (SSSR count). The van der Waals surface area contributed by atoms with Crippen molar-refractivity contribution in [2.45, 2.75) is 19.9 Å². The Morgan fingerprint density at radius 3 is 2.53 bits per heavy atom. The number of nitro benzene ring substituents is 1. The lowest BCUT2D eigenvalue weighted by atomic mass is 10.2. The Morgan fingerprint density at radius 1 is 1.35 bits per heavy atom. The topological polar surface area (TPSA) is 70.1 Å². The minimum Gasteiger partial charge on any atom is -0.280 e. The number of hydrogen-bond acceptors (Lipinski definition) is 3. The lowest BCUT2D eigenvalue weighted by molar-refractivity contribution is -0.384. The number of rotatable bonds is 2. The van der Waals surface area contributed by atoms with Gasteiger partial charge < -0.3 is 0 Å². The van der Waals surface area contributed by atoms with Gasteiger partial charge in [-0.1, -0.05) is 0 Å². The summed E-state index contributed by atoms with van der Waals surface area (Å²) in [7, 11) is 1.66. The van der Waals surface area contributed by atoms with E-state index < -0.39 is 4.92 Å². The Bertz CT molecular complexity index is 652. The number of aromatic nitrogens is 2. The molecule has 0 radical (unpaired) electrons. The number of nitro groups is 1. The Balaban J connectivity index is 2.86. The van der Waals surface area contributed by atoms with Crippen molar-refractivity contribution in [2.24, 2.45) is 7.05 Å². The monoisotopic (exact) mass is 235 g/mol. The van der Waals surface area contributed by atoms with E-state index in [0.717, 1.165) is 5.52 Å². The van der Waals surface area contributed by atoms with E-state index in [1.54, 1.807) is 13.1 Å². The van der Waals surface area contributed by atoms with E-state index in [0.29, 0.717) is 5.39 Å². The van der Waals surface area contributed by atoms with Crippen LogP contribution in [0.25, 0.3) is 10.9 Å². The highest BCUT2D eigenvalue weighted by molar-refractivity contribution is 5.81. The zero-order valence-electron chi connectivity index (χ0n) is 9.88.